The number of aryl methyl sites for hydroxylation is 1. The molecule has 1 aliphatic rings. The molecule has 0 spiro atoms. The summed E-state index contributed by atoms with van der Waals surface area (Å²) >= 11 is 0. The molecule has 0 aromatic heterocycles. The fraction of sp³-hybridized carbons (Fsp3) is 0.538. The van der Waals surface area contributed by atoms with Crippen LogP contribution in [0.1, 0.15) is 30.5 Å². The molecule has 0 heterocycles. The highest BCUT2D eigenvalue weighted by molar-refractivity contribution is 5.33. The van der Waals surface area contributed by atoms with Crippen molar-refractivity contribution in [3.05, 3.63) is 35.1 Å². The van der Waals surface area contributed by atoms with Gasteiger partial charge in [0.05, 0.1) is 24.9 Å². The summed E-state index contributed by atoms with van der Waals surface area (Å²) in [6.07, 6.45) is 0.953. The first kappa shape index (κ1) is 12.5. The van der Waals surface area contributed by atoms with Gasteiger partial charge in [-0.15, -0.1) is 0 Å². The summed E-state index contributed by atoms with van der Waals surface area (Å²) in [6.45, 7) is 1.96. The molecule has 94 valence electrons. The molecule has 1 aliphatic carbocycles. The molecule has 0 saturated carbocycles. The summed E-state index contributed by atoms with van der Waals surface area (Å²) in [6, 6.07) is 4.46. The van der Waals surface area contributed by atoms with Gasteiger partial charge in [-0.1, -0.05) is 6.07 Å². The van der Waals surface area contributed by atoms with Crippen LogP contribution in [0.25, 0.3) is 0 Å². The van der Waals surface area contributed by atoms with Crippen LogP contribution in [-0.4, -0.2) is 23.9 Å². The first-order chi connectivity index (χ1) is 8.08. The Balaban J connectivity index is 2.10. The van der Waals surface area contributed by atoms with E-state index in [1.807, 2.05) is 0 Å². The van der Waals surface area contributed by atoms with E-state index < -0.39 is 6.10 Å². The lowest BCUT2D eigenvalue weighted by atomic mass is 9.86. The Morgan fingerprint density at radius 2 is 2.35 bits per heavy atom. The van der Waals surface area contributed by atoms with Gasteiger partial charge in [0.25, 0.3) is 0 Å². The zero-order chi connectivity index (χ0) is 12.4. The van der Waals surface area contributed by atoms with Gasteiger partial charge in [0.1, 0.15) is 5.82 Å². The van der Waals surface area contributed by atoms with E-state index in [9.17, 15) is 9.50 Å². The van der Waals surface area contributed by atoms with E-state index >= 15 is 0 Å². The largest absolute Gasteiger partial charge is 0.391 e. The van der Waals surface area contributed by atoms with Crippen LogP contribution in [0, 0.1) is 5.82 Å². The van der Waals surface area contributed by atoms with Gasteiger partial charge >= 0.3 is 0 Å². The number of ether oxygens (including phenoxy) is 1. The number of fused-ring (bicyclic) bond motifs is 1. The number of halogens is 1. The SMILES string of the molecule is C[C@H](O)CO[C@H]1CCc2cc(F)ccc2[C@H]1N. The van der Waals surface area contributed by atoms with Crippen LogP contribution in [0.4, 0.5) is 4.39 Å². The van der Waals surface area contributed by atoms with Crippen molar-refractivity contribution in [1.29, 1.82) is 0 Å². The highest BCUT2D eigenvalue weighted by Gasteiger charge is 2.27. The highest BCUT2D eigenvalue weighted by atomic mass is 19.1. The molecular weight excluding hydrogens is 221 g/mol. The summed E-state index contributed by atoms with van der Waals surface area (Å²) in [4.78, 5) is 0. The summed E-state index contributed by atoms with van der Waals surface area (Å²) < 4.78 is 18.6. The summed E-state index contributed by atoms with van der Waals surface area (Å²) in [7, 11) is 0. The van der Waals surface area contributed by atoms with Crippen molar-refractivity contribution in [3.8, 4) is 0 Å². The summed E-state index contributed by atoms with van der Waals surface area (Å²) in [5.74, 6) is -0.223. The lowest BCUT2D eigenvalue weighted by molar-refractivity contribution is -0.0206. The van der Waals surface area contributed by atoms with Gasteiger partial charge in [0.15, 0.2) is 0 Å². The molecule has 1 aromatic carbocycles. The minimum absolute atomic E-state index is 0.0949. The Morgan fingerprint density at radius 1 is 1.59 bits per heavy atom. The van der Waals surface area contributed by atoms with E-state index in [2.05, 4.69) is 0 Å². The minimum Gasteiger partial charge on any atom is -0.391 e. The Kier molecular flexibility index (Phi) is 3.76. The van der Waals surface area contributed by atoms with E-state index in [-0.39, 0.29) is 24.6 Å². The number of nitrogens with two attached hydrogens (primary N) is 1. The molecule has 0 amide bonds. The Morgan fingerprint density at radius 3 is 3.06 bits per heavy atom. The molecule has 3 nitrogen and oxygen atoms in total. The molecule has 3 atom stereocenters. The van der Waals surface area contributed by atoms with Crippen LogP contribution < -0.4 is 5.73 Å². The van der Waals surface area contributed by atoms with E-state index in [4.69, 9.17) is 10.5 Å². The van der Waals surface area contributed by atoms with Gasteiger partial charge in [-0.05, 0) is 43.0 Å². The van der Waals surface area contributed by atoms with Gasteiger partial charge in [-0.2, -0.15) is 0 Å². The Hall–Kier alpha value is -0.970. The fourth-order valence-corrected chi connectivity index (χ4v) is 2.24. The van der Waals surface area contributed by atoms with Crippen molar-refractivity contribution in [2.75, 3.05) is 6.61 Å². The van der Waals surface area contributed by atoms with Crippen molar-refractivity contribution < 1.29 is 14.2 Å². The molecule has 3 N–H and O–H groups in total. The van der Waals surface area contributed by atoms with E-state index in [0.717, 1.165) is 24.0 Å². The fourth-order valence-electron chi connectivity index (χ4n) is 2.24. The molecule has 0 saturated heterocycles. The second kappa shape index (κ2) is 5.12. The maximum Gasteiger partial charge on any atom is 0.123 e. The number of benzene rings is 1. The number of aliphatic hydroxyl groups is 1. The van der Waals surface area contributed by atoms with E-state index in [1.54, 1.807) is 19.1 Å². The predicted octanol–water partition coefficient (Wildman–Crippen LogP) is 1.54. The van der Waals surface area contributed by atoms with Gasteiger partial charge in [0.2, 0.25) is 0 Å². The second-order valence-electron chi connectivity index (χ2n) is 4.63. The third kappa shape index (κ3) is 2.83. The minimum atomic E-state index is -0.489. The number of hydrogen-bond acceptors (Lipinski definition) is 3. The summed E-state index contributed by atoms with van der Waals surface area (Å²) in [5.41, 5.74) is 8.02. The highest BCUT2D eigenvalue weighted by Crippen LogP contribution is 2.30. The zero-order valence-electron chi connectivity index (χ0n) is 9.90. The van der Waals surface area contributed by atoms with Crippen LogP contribution in [-0.2, 0) is 11.2 Å². The normalized spacial score (nSPS) is 25.4. The van der Waals surface area contributed by atoms with Crippen molar-refractivity contribution in [3.63, 3.8) is 0 Å². The van der Waals surface area contributed by atoms with Gasteiger partial charge in [0, 0.05) is 0 Å². The lowest BCUT2D eigenvalue weighted by Gasteiger charge is -2.31. The first-order valence-electron chi connectivity index (χ1n) is 5.91. The quantitative estimate of drug-likeness (QED) is 0.841. The Labute approximate surface area is 100 Å². The zero-order valence-corrected chi connectivity index (χ0v) is 9.90. The van der Waals surface area contributed by atoms with E-state index in [0.29, 0.717) is 0 Å². The second-order valence-corrected chi connectivity index (χ2v) is 4.63. The average Bonchev–Trinajstić information content (AvgIpc) is 2.27. The molecule has 0 fully saturated rings. The molecule has 0 bridgehead atoms. The monoisotopic (exact) mass is 239 g/mol. The molecule has 1 aromatic rings. The molecule has 4 heteroatoms. The first-order valence-corrected chi connectivity index (χ1v) is 5.91. The van der Waals surface area contributed by atoms with Crippen molar-refractivity contribution in [2.24, 2.45) is 5.73 Å². The number of hydrogen-bond donors (Lipinski definition) is 2. The Bertz CT molecular complexity index is 395. The van der Waals surface area contributed by atoms with Crippen LogP contribution in [0.5, 0.6) is 0 Å². The molecule has 0 aliphatic heterocycles. The topological polar surface area (TPSA) is 55.5 Å². The molecular formula is C13H18FNO2. The maximum absolute atomic E-state index is 13.1. The lowest BCUT2D eigenvalue weighted by Crippen LogP contribution is -2.35. The predicted molar refractivity (Wildman–Crippen MR) is 63.1 cm³/mol. The molecule has 2 rings (SSSR count). The van der Waals surface area contributed by atoms with Crippen LogP contribution >= 0.6 is 0 Å². The summed E-state index contributed by atoms with van der Waals surface area (Å²) in [5, 5.41) is 9.19. The van der Waals surface area contributed by atoms with Crippen LogP contribution in [0.15, 0.2) is 18.2 Å². The van der Waals surface area contributed by atoms with Gasteiger partial charge < -0.3 is 15.6 Å². The van der Waals surface area contributed by atoms with Gasteiger partial charge in [-0.25, -0.2) is 4.39 Å². The van der Waals surface area contributed by atoms with Crippen molar-refractivity contribution in [1.82, 2.24) is 0 Å². The smallest absolute Gasteiger partial charge is 0.123 e. The van der Waals surface area contributed by atoms with Gasteiger partial charge in [-0.3, -0.25) is 0 Å². The molecule has 17 heavy (non-hydrogen) atoms. The number of aliphatic hydroxyl groups excluding tert-OH is 1. The number of rotatable bonds is 3. The molecule has 0 unspecified atom stereocenters. The standard InChI is InChI=1S/C13H18FNO2/c1-8(16)7-17-12-5-2-9-6-10(14)3-4-11(9)13(12)15/h3-4,6,8,12-13,16H,2,5,7,15H2,1H3/t8-,12-,13+/m0/s1. The maximum atomic E-state index is 13.1. The third-order valence-electron chi connectivity index (χ3n) is 3.11. The van der Waals surface area contributed by atoms with Crippen LogP contribution in [0.2, 0.25) is 0 Å². The average molecular weight is 239 g/mol. The third-order valence-corrected chi connectivity index (χ3v) is 3.11. The van der Waals surface area contributed by atoms with Crippen molar-refractivity contribution >= 4 is 0 Å². The van der Waals surface area contributed by atoms with E-state index in [1.165, 1.54) is 6.07 Å². The van der Waals surface area contributed by atoms with Crippen molar-refractivity contribution in [2.45, 2.75) is 38.0 Å². The molecule has 0 radical (unpaired) electrons. The van der Waals surface area contributed by atoms with Crippen LogP contribution in [0.3, 0.4) is 0 Å².